The SMILES string of the molecule is [2H]c1c([2H])c([2H])c(-c2nc3c(B4OC(C)(C)C(C)(C)O4)c([2H])c([2H])c([2H])c3s2)c([2H])c1[2H]. The molecule has 0 N–H and O–H groups in total. The van der Waals surface area contributed by atoms with E-state index >= 15 is 0 Å². The monoisotopic (exact) mass is 345 g/mol. The van der Waals surface area contributed by atoms with Crippen LogP contribution in [0.3, 0.4) is 0 Å². The molecule has 5 heteroatoms. The Kier molecular flexibility index (Phi) is 2.06. The molecule has 0 unspecified atom stereocenters. The molecule has 1 saturated heterocycles. The van der Waals surface area contributed by atoms with Crippen molar-refractivity contribution in [3.8, 4) is 10.6 Å². The molecule has 1 aliphatic rings. The Hall–Kier alpha value is -1.69. The van der Waals surface area contributed by atoms with E-state index in [0.29, 0.717) is 0 Å². The van der Waals surface area contributed by atoms with Crippen LogP contribution in [0.4, 0.5) is 0 Å². The van der Waals surface area contributed by atoms with E-state index in [2.05, 4.69) is 4.98 Å². The molecule has 0 spiro atoms. The zero-order chi connectivity index (χ0) is 23.9. The van der Waals surface area contributed by atoms with Crippen LogP contribution >= 0.6 is 11.3 Å². The quantitative estimate of drug-likeness (QED) is 0.650. The number of fused-ring (bicyclic) bond motifs is 1. The Bertz CT molecular complexity index is 1250. The molecule has 2 aromatic carbocycles. The van der Waals surface area contributed by atoms with Gasteiger partial charge < -0.3 is 9.31 Å². The van der Waals surface area contributed by atoms with Gasteiger partial charge in [-0.1, -0.05) is 42.3 Å². The van der Waals surface area contributed by atoms with Gasteiger partial charge in [0, 0.05) is 11.0 Å². The number of aromatic nitrogens is 1. The van der Waals surface area contributed by atoms with Gasteiger partial charge in [0.25, 0.3) is 0 Å². The molecule has 1 aromatic heterocycles. The van der Waals surface area contributed by atoms with Crippen LogP contribution in [-0.4, -0.2) is 23.3 Å². The standard InChI is InChI=1S/C19H20BNO2S/c1-18(2)19(3,4)23-20(22-18)14-11-8-12-15-16(14)21-17(24-15)13-9-6-5-7-10-13/h5-12H,1-4H3/i5D,6D,7D,8D,9D,10D,11D,12D. The molecule has 3 nitrogen and oxygen atoms in total. The van der Waals surface area contributed by atoms with Crippen molar-refractivity contribution in [1.82, 2.24) is 4.98 Å². The average Bonchev–Trinajstić information content (AvgIpc) is 3.21. The van der Waals surface area contributed by atoms with E-state index in [1.54, 1.807) is 0 Å². The average molecular weight is 345 g/mol. The first-order valence-corrected chi connectivity index (χ1v) is 8.34. The summed E-state index contributed by atoms with van der Waals surface area (Å²) in [6.07, 6.45) is 0. The summed E-state index contributed by atoms with van der Waals surface area (Å²) >= 11 is 0.943. The number of rotatable bonds is 2. The van der Waals surface area contributed by atoms with E-state index in [-0.39, 0.29) is 44.4 Å². The molecule has 0 radical (unpaired) electrons. The lowest BCUT2D eigenvalue weighted by Gasteiger charge is -2.32. The lowest BCUT2D eigenvalue weighted by Crippen LogP contribution is -2.41. The highest BCUT2D eigenvalue weighted by molar-refractivity contribution is 7.21. The molecule has 0 bridgehead atoms. The van der Waals surface area contributed by atoms with Crippen molar-refractivity contribution in [1.29, 1.82) is 0 Å². The number of nitrogens with zero attached hydrogens (tertiary/aromatic N) is 1. The van der Waals surface area contributed by atoms with Crippen LogP contribution in [0, 0.1) is 0 Å². The second-order valence-corrected chi connectivity index (χ2v) is 7.57. The van der Waals surface area contributed by atoms with Crippen LogP contribution in [0.25, 0.3) is 20.8 Å². The molecule has 2 heterocycles. The van der Waals surface area contributed by atoms with E-state index in [1.165, 1.54) is 0 Å². The first-order valence-electron chi connectivity index (χ1n) is 11.5. The third-order valence-electron chi connectivity index (χ3n) is 4.46. The van der Waals surface area contributed by atoms with Crippen LogP contribution in [0.2, 0.25) is 0 Å². The Balaban J connectivity index is 2.01. The fraction of sp³-hybridized carbons (Fsp3) is 0.316. The van der Waals surface area contributed by atoms with E-state index in [4.69, 9.17) is 20.3 Å². The summed E-state index contributed by atoms with van der Waals surface area (Å²) in [6, 6.07) is -3.09. The van der Waals surface area contributed by atoms with Crippen molar-refractivity contribution in [3.05, 3.63) is 48.3 Å². The number of para-hydroxylation sites is 1. The maximum Gasteiger partial charge on any atom is 0.497 e. The molecular weight excluding hydrogens is 317 g/mol. The van der Waals surface area contributed by atoms with E-state index in [1.807, 2.05) is 27.7 Å². The largest absolute Gasteiger partial charge is 0.497 e. The molecule has 3 aromatic rings. The Labute approximate surface area is 158 Å². The first-order chi connectivity index (χ1) is 14.7. The van der Waals surface area contributed by atoms with Crippen molar-refractivity contribution in [2.45, 2.75) is 38.9 Å². The van der Waals surface area contributed by atoms with Gasteiger partial charge in [-0.2, -0.15) is 0 Å². The van der Waals surface area contributed by atoms with Crippen molar-refractivity contribution in [2.24, 2.45) is 0 Å². The van der Waals surface area contributed by atoms with Gasteiger partial charge in [0.15, 0.2) is 0 Å². The van der Waals surface area contributed by atoms with Crippen molar-refractivity contribution in [3.63, 3.8) is 0 Å². The number of hydrogen-bond acceptors (Lipinski definition) is 4. The Morgan fingerprint density at radius 3 is 2.29 bits per heavy atom. The predicted molar refractivity (Wildman–Crippen MR) is 101 cm³/mol. The smallest absolute Gasteiger partial charge is 0.399 e. The first kappa shape index (κ1) is 9.13. The summed E-state index contributed by atoms with van der Waals surface area (Å²) in [6.45, 7) is 7.42. The minimum Gasteiger partial charge on any atom is -0.399 e. The maximum atomic E-state index is 8.47. The summed E-state index contributed by atoms with van der Waals surface area (Å²) in [4.78, 5) is 4.49. The number of benzene rings is 2. The summed E-state index contributed by atoms with van der Waals surface area (Å²) in [7, 11) is -1.00. The highest BCUT2D eigenvalue weighted by Gasteiger charge is 2.52. The van der Waals surface area contributed by atoms with Crippen molar-refractivity contribution < 1.29 is 20.3 Å². The highest BCUT2D eigenvalue weighted by Crippen LogP contribution is 2.37. The minimum atomic E-state index is -1.00. The molecule has 1 fully saturated rings. The summed E-state index contributed by atoms with van der Waals surface area (Å²) in [5, 5.41) is 0.105. The van der Waals surface area contributed by atoms with Gasteiger partial charge in [-0.25, -0.2) is 4.98 Å². The van der Waals surface area contributed by atoms with E-state index in [0.717, 1.165) is 11.3 Å². The summed E-state index contributed by atoms with van der Waals surface area (Å²) in [5.41, 5.74) is -1.11. The molecule has 122 valence electrons. The third-order valence-corrected chi connectivity index (χ3v) is 5.45. The topological polar surface area (TPSA) is 31.4 Å². The van der Waals surface area contributed by atoms with Gasteiger partial charge >= 0.3 is 7.12 Å². The summed E-state index contributed by atoms with van der Waals surface area (Å²) < 4.78 is 77.6. The minimum absolute atomic E-state index is 0.0884. The van der Waals surface area contributed by atoms with Gasteiger partial charge in [0.2, 0.25) is 0 Å². The van der Waals surface area contributed by atoms with Crippen molar-refractivity contribution in [2.75, 3.05) is 0 Å². The molecule has 0 saturated carbocycles. The second kappa shape index (κ2) is 5.41. The molecule has 24 heavy (non-hydrogen) atoms. The van der Waals surface area contributed by atoms with Gasteiger partial charge in [-0.3, -0.25) is 0 Å². The summed E-state index contributed by atoms with van der Waals surface area (Å²) in [5.74, 6) is 0. The Morgan fingerprint density at radius 1 is 0.958 bits per heavy atom. The van der Waals surface area contributed by atoms with Gasteiger partial charge in [0.05, 0.1) is 32.4 Å². The predicted octanol–water partition coefficient (Wildman–Crippen LogP) is 4.26. The lowest BCUT2D eigenvalue weighted by atomic mass is 9.78. The van der Waals surface area contributed by atoms with Gasteiger partial charge in [0.1, 0.15) is 5.01 Å². The van der Waals surface area contributed by atoms with E-state index in [9.17, 15) is 0 Å². The highest BCUT2D eigenvalue weighted by atomic mass is 32.1. The number of thiazole rings is 1. The molecule has 1 aliphatic heterocycles. The zero-order valence-corrected chi connectivity index (χ0v) is 14.6. The van der Waals surface area contributed by atoms with Crippen LogP contribution in [0.15, 0.2) is 48.3 Å². The third kappa shape index (κ3) is 2.48. The lowest BCUT2D eigenvalue weighted by molar-refractivity contribution is 0.00578. The van der Waals surface area contributed by atoms with Crippen molar-refractivity contribution >= 4 is 34.1 Å². The van der Waals surface area contributed by atoms with Gasteiger partial charge in [-0.05, 0) is 33.7 Å². The normalized spacial score (nSPS) is 23.8. The molecule has 0 amide bonds. The molecule has 0 aliphatic carbocycles. The van der Waals surface area contributed by atoms with Crippen LogP contribution in [0.5, 0.6) is 0 Å². The van der Waals surface area contributed by atoms with Crippen LogP contribution in [-0.2, 0) is 9.31 Å². The second-order valence-electron chi connectivity index (χ2n) is 6.57. The number of hydrogen-bond donors (Lipinski definition) is 0. The van der Waals surface area contributed by atoms with Gasteiger partial charge in [-0.15, -0.1) is 11.3 Å². The molecular formula is C19H20BNO2S. The molecule has 4 rings (SSSR count). The zero-order valence-electron chi connectivity index (χ0n) is 21.7. The van der Waals surface area contributed by atoms with Crippen LogP contribution in [0.1, 0.15) is 38.7 Å². The van der Waals surface area contributed by atoms with Crippen LogP contribution < -0.4 is 5.46 Å². The maximum absolute atomic E-state index is 8.47. The Morgan fingerprint density at radius 2 is 1.62 bits per heavy atom. The fourth-order valence-electron chi connectivity index (χ4n) is 2.40. The molecule has 0 atom stereocenters. The fourth-order valence-corrected chi connectivity index (χ4v) is 3.29. The van der Waals surface area contributed by atoms with E-state index < -0.39 is 48.5 Å².